The predicted molar refractivity (Wildman–Crippen MR) is 316 cm³/mol. The predicted octanol–water partition coefficient (Wildman–Crippen LogP) is 20.4. The van der Waals surface area contributed by atoms with E-state index >= 15 is 0 Å². The second kappa shape index (κ2) is 60.4. The van der Waals surface area contributed by atoms with Crippen LogP contribution in [0.25, 0.3) is 0 Å². The average molecular weight is 1010 g/mol. The minimum Gasteiger partial charge on any atom is -0.462 e. The average Bonchev–Trinajstić information content (AvgIpc) is 3.39. The Morgan fingerprint density at radius 3 is 0.877 bits per heavy atom. The number of hydrogen-bond donors (Lipinski definition) is 0. The van der Waals surface area contributed by atoms with Crippen LogP contribution in [0.4, 0.5) is 0 Å². The number of carbonyl (C=O) groups excluding carboxylic acids is 3. The molecule has 6 heteroatoms. The van der Waals surface area contributed by atoms with Crippen LogP contribution in [-0.4, -0.2) is 37.2 Å². The molecule has 0 amide bonds. The fraction of sp³-hybridized carbons (Fsp3) is 0.657. The normalized spacial score (nSPS) is 13.0. The molecular weight excluding hydrogens is 901 g/mol. The molecule has 0 N–H and O–H groups in total. The number of hydrogen-bond acceptors (Lipinski definition) is 6. The molecule has 73 heavy (non-hydrogen) atoms. The van der Waals surface area contributed by atoms with E-state index < -0.39 is 6.10 Å². The molecule has 1 atom stereocenters. The molecule has 0 aromatic heterocycles. The van der Waals surface area contributed by atoms with Gasteiger partial charge in [0.15, 0.2) is 6.10 Å². The second-order valence-corrected chi connectivity index (χ2v) is 19.5. The third-order valence-corrected chi connectivity index (χ3v) is 12.5. The van der Waals surface area contributed by atoms with Crippen LogP contribution < -0.4 is 0 Å². The maximum Gasteiger partial charge on any atom is 0.306 e. The van der Waals surface area contributed by atoms with Gasteiger partial charge in [-0.2, -0.15) is 0 Å². The van der Waals surface area contributed by atoms with E-state index in [9.17, 15) is 14.4 Å². The van der Waals surface area contributed by atoms with E-state index in [2.05, 4.69) is 142 Å². The van der Waals surface area contributed by atoms with Crippen molar-refractivity contribution in [3.8, 4) is 0 Å². The number of allylic oxidation sites excluding steroid dienone is 20. The van der Waals surface area contributed by atoms with Crippen molar-refractivity contribution >= 4 is 17.9 Å². The first-order valence-electron chi connectivity index (χ1n) is 30.0. The lowest BCUT2D eigenvalue weighted by Crippen LogP contribution is -2.30. The summed E-state index contributed by atoms with van der Waals surface area (Å²) in [6.45, 7) is 6.45. The highest BCUT2D eigenvalue weighted by molar-refractivity contribution is 5.71. The number of carbonyl (C=O) groups is 3. The molecule has 6 nitrogen and oxygen atoms in total. The van der Waals surface area contributed by atoms with Crippen LogP contribution in [0.15, 0.2) is 122 Å². The van der Waals surface area contributed by atoms with Gasteiger partial charge in [0.25, 0.3) is 0 Å². The van der Waals surface area contributed by atoms with E-state index in [1.165, 1.54) is 77.0 Å². The zero-order valence-corrected chi connectivity index (χ0v) is 47.4. The first-order chi connectivity index (χ1) is 36.0. The maximum absolute atomic E-state index is 12.8. The Hall–Kier alpha value is -4.19. The molecule has 0 heterocycles. The van der Waals surface area contributed by atoms with Crippen LogP contribution in [0.2, 0.25) is 0 Å². The lowest BCUT2D eigenvalue weighted by Gasteiger charge is -2.18. The van der Waals surface area contributed by atoms with Crippen molar-refractivity contribution in [2.75, 3.05) is 13.2 Å². The van der Waals surface area contributed by atoms with Crippen molar-refractivity contribution in [2.24, 2.45) is 0 Å². The summed E-state index contributed by atoms with van der Waals surface area (Å²) in [5.74, 6) is -0.933. The molecule has 414 valence electrons. The van der Waals surface area contributed by atoms with Crippen molar-refractivity contribution in [2.45, 2.75) is 271 Å². The summed E-state index contributed by atoms with van der Waals surface area (Å²) in [5.41, 5.74) is 0. The summed E-state index contributed by atoms with van der Waals surface area (Å²) >= 11 is 0. The lowest BCUT2D eigenvalue weighted by molar-refractivity contribution is -0.167. The Labute approximate surface area is 450 Å². The molecule has 0 saturated carbocycles. The zero-order valence-electron chi connectivity index (χ0n) is 47.4. The van der Waals surface area contributed by atoms with Gasteiger partial charge in [0, 0.05) is 19.3 Å². The van der Waals surface area contributed by atoms with Crippen LogP contribution in [0.1, 0.15) is 265 Å². The SMILES string of the molecule is CC/C=C\C/C=C\C/C=C\C/C=C\C/C=C\C/C=C\C/C=C\C/C=C\CCCCCCC(=O)OCC(COC(=O)CCCCCCCCCCCCCC)OC(=O)CCCCCCC/C=C\C/C=C\CCCC. The molecule has 0 aromatic rings. The molecular formula is C67H110O6. The van der Waals surface area contributed by atoms with Gasteiger partial charge in [-0.15, -0.1) is 0 Å². The molecule has 0 aliphatic rings. The van der Waals surface area contributed by atoms with Crippen LogP contribution in [-0.2, 0) is 28.6 Å². The Bertz CT molecular complexity index is 1540. The van der Waals surface area contributed by atoms with Gasteiger partial charge in [0.1, 0.15) is 13.2 Å². The van der Waals surface area contributed by atoms with Gasteiger partial charge in [-0.3, -0.25) is 14.4 Å². The van der Waals surface area contributed by atoms with Crippen LogP contribution in [0, 0.1) is 0 Å². The maximum atomic E-state index is 12.8. The quantitative estimate of drug-likeness (QED) is 0.0261. The molecule has 0 bridgehead atoms. The van der Waals surface area contributed by atoms with Gasteiger partial charge in [0.2, 0.25) is 0 Å². The third-order valence-electron chi connectivity index (χ3n) is 12.5. The molecule has 0 aliphatic heterocycles. The fourth-order valence-electron chi connectivity index (χ4n) is 7.94. The summed E-state index contributed by atoms with van der Waals surface area (Å²) < 4.78 is 16.8. The van der Waals surface area contributed by atoms with E-state index in [0.717, 1.165) is 148 Å². The largest absolute Gasteiger partial charge is 0.462 e. The smallest absolute Gasteiger partial charge is 0.306 e. The van der Waals surface area contributed by atoms with Crippen LogP contribution in [0.3, 0.4) is 0 Å². The number of rotatable bonds is 53. The van der Waals surface area contributed by atoms with Crippen molar-refractivity contribution in [1.82, 2.24) is 0 Å². The lowest BCUT2D eigenvalue weighted by atomic mass is 10.0. The monoisotopic (exact) mass is 1010 g/mol. The number of ether oxygens (including phenoxy) is 3. The van der Waals surface area contributed by atoms with Crippen molar-refractivity contribution in [3.05, 3.63) is 122 Å². The van der Waals surface area contributed by atoms with Crippen molar-refractivity contribution in [1.29, 1.82) is 0 Å². The van der Waals surface area contributed by atoms with E-state index in [1.54, 1.807) is 0 Å². The van der Waals surface area contributed by atoms with Crippen LogP contribution in [0.5, 0.6) is 0 Å². The molecule has 0 aromatic carbocycles. The number of esters is 3. The van der Waals surface area contributed by atoms with Gasteiger partial charge < -0.3 is 14.2 Å². The minimum absolute atomic E-state index is 0.0923. The minimum atomic E-state index is -0.797. The van der Waals surface area contributed by atoms with Gasteiger partial charge in [-0.25, -0.2) is 0 Å². The summed E-state index contributed by atoms with van der Waals surface area (Å²) in [5, 5.41) is 0. The van der Waals surface area contributed by atoms with Gasteiger partial charge in [-0.05, 0) is 109 Å². The topological polar surface area (TPSA) is 78.9 Å². The molecule has 0 radical (unpaired) electrons. The highest BCUT2D eigenvalue weighted by Gasteiger charge is 2.19. The van der Waals surface area contributed by atoms with Gasteiger partial charge >= 0.3 is 17.9 Å². The molecule has 0 rings (SSSR count). The van der Waals surface area contributed by atoms with Crippen LogP contribution >= 0.6 is 0 Å². The molecule has 0 fully saturated rings. The van der Waals surface area contributed by atoms with Gasteiger partial charge in [0.05, 0.1) is 0 Å². The highest BCUT2D eigenvalue weighted by atomic mass is 16.6. The zero-order chi connectivity index (χ0) is 52.9. The highest BCUT2D eigenvalue weighted by Crippen LogP contribution is 2.15. The first kappa shape index (κ1) is 68.8. The third kappa shape index (κ3) is 58.6. The summed E-state index contributed by atoms with van der Waals surface area (Å²) in [6.07, 6.45) is 83.4. The van der Waals surface area contributed by atoms with E-state index in [0.29, 0.717) is 19.3 Å². The Kier molecular flexibility index (Phi) is 56.9. The first-order valence-corrected chi connectivity index (χ1v) is 30.0. The Balaban J connectivity index is 4.36. The standard InChI is InChI=1S/C67H110O6/c1-4-7-10-13-16-19-22-25-27-28-29-30-31-32-33-34-35-36-37-38-39-40-41-43-45-48-51-54-57-60-66(69)72-63-64(62-71-65(68)59-56-53-50-47-44-24-21-18-15-12-9-6-3)73-67(70)61-58-55-52-49-46-42-26-23-20-17-14-11-8-5-2/h7,10,14,16-17,19,23,25-27,29-30,32-33,35-36,38-39,41,43,64H,4-6,8-9,11-13,15,18,20-22,24,28,31,34,37,40,42,44-63H2,1-3H3/b10-7-,17-14-,19-16-,26-23-,27-25-,30-29-,33-32-,36-35-,39-38-,43-41-. The second-order valence-electron chi connectivity index (χ2n) is 19.5. The van der Waals surface area contributed by atoms with E-state index in [4.69, 9.17) is 14.2 Å². The fourth-order valence-corrected chi connectivity index (χ4v) is 7.94. The van der Waals surface area contributed by atoms with Gasteiger partial charge in [-0.1, -0.05) is 258 Å². The summed E-state index contributed by atoms with van der Waals surface area (Å²) in [7, 11) is 0. The van der Waals surface area contributed by atoms with Crippen molar-refractivity contribution < 1.29 is 28.6 Å². The molecule has 0 saturated heterocycles. The number of unbranched alkanes of at least 4 members (excludes halogenated alkanes) is 22. The van der Waals surface area contributed by atoms with E-state index in [-0.39, 0.29) is 31.1 Å². The van der Waals surface area contributed by atoms with Crippen molar-refractivity contribution in [3.63, 3.8) is 0 Å². The Morgan fingerprint density at radius 1 is 0.288 bits per heavy atom. The van der Waals surface area contributed by atoms with E-state index in [1.807, 2.05) is 0 Å². The summed E-state index contributed by atoms with van der Waals surface area (Å²) in [6, 6.07) is 0. The Morgan fingerprint density at radius 2 is 0.548 bits per heavy atom. The molecule has 0 spiro atoms. The summed E-state index contributed by atoms with van der Waals surface area (Å²) in [4.78, 5) is 38.1. The molecule has 1 unspecified atom stereocenters. The molecule has 0 aliphatic carbocycles.